The van der Waals surface area contributed by atoms with Crippen molar-refractivity contribution in [2.75, 3.05) is 0 Å². The monoisotopic (exact) mass is 240 g/mol. The highest BCUT2D eigenvalue weighted by molar-refractivity contribution is 6.25. The van der Waals surface area contributed by atoms with Crippen molar-refractivity contribution in [3.63, 3.8) is 0 Å². The molecule has 0 heteroatoms. The lowest BCUT2D eigenvalue weighted by molar-refractivity contribution is 1.30. The van der Waals surface area contributed by atoms with E-state index in [1.54, 1.807) is 0 Å². The van der Waals surface area contributed by atoms with Crippen LogP contribution >= 0.6 is 0 Å². The lowest BCUT2D eigenvalue weighted by Gasteiger charge is -2.18. The zero-order valence-electron chi connectivity index (χ0n) is 10.5. The van der Waals surface area contributed by atoms with Gasteiger partial charge < -0.3 is 0 Å². The average Bonchev–Trinajstić information content (AvgIpc) is 2.47. The Balaban J connectivity index is 2.25. The fourth-order valence-corrected chi connectivity index (χ4v) is 3.57. The second-order valence-corrected chi connectivity index (χ2v) is 5.41. The minimum atomic E-state index is 1.06. The molecule has 5 rings (SSSR count). The van der Waals surface area contributed by atoms with Crippen molar-refractivity contribution in [2.45, 2.75) is 6.42 Å². The van der Waals surface area contributed by atoms with Crippen LogP contribution < -0.4 is 0 Å². The average molecular weight is 240 g/mol. The first kappa shape index (κ1) is 9.57. The molecule has 0 nitrogen and oxygen atoms in total. The molecule has 4 aromatic rings. The summed E-state index contributed by atoms with van der Waals surface area (Å²) in [5.41, 5.74) is 2.83. The van der Waals surface area contributed by atoms with Crippen LogP contribution in [0.25, 0.3) is 38.4 Å². The van der Waals surface area contributed by atoms with E-state index in [4.69, 9.17) is 0 Å². The van der Waals surface area contributed by atoms with E-state index < -0.39 is 0 Å². The second-order valence-electron chi connectivity index (χ2n) is 5.41. The first-order chi connectivity index (χ1) is 9.42. The number of hydrogen-bond acceptors (Lipinski definition) is 0. The topological polar surface area (TPSA) is 0 Å². The van der Waals surface area contributed by atoms with E-state index in [-0.39, 0.29) is 0 Å². The highest BCUT2D eigenvalue weighted by Gasteiger charge is 2.14. The van der Waals surface area contributed by atoms with Gasteiger partial charge in [-0.1, -0.05) is 54.6 Å². The van der Waals surface area contributed by atoms with Gasteiger partial charge in [0.1, 0.15) is 0 Å². The van der Waals surface area contributed by atoms with Gasteiger partial charge in [-0.3, -0.25) is 0 Å². The van der Waals surface area contributed by atoms with Gasteiger partial charge >= 0.3 is 0 Å². The van der Waals surface area contributed by atoms with Crippen LogP contribution in [0.3, 0.4) is 0 Å². The summed E-state index contributed by atoms with van der Waals surface area (Å²) in [6.45, 7) is 0. The van der Waals surface area contributed by atoms with Crippen molar-refractivity contribution in [3.8, 4) is 0 Å². The van der Waals surface area contributed by atoms with Crippen molar-refractivity contribution in [1.29, 1.82) is 0 Å². The Bertz CT molecular complexity index is 973. The maximum atomic E-state index is 2.34. The zero-order valence-corrected chi connectivity index (χ0v) is 10.5. The number of hydrogen-bond donors (Lipinski definition) is 0. The Labute approximate surface area is 111 Å². The summed E-state index contributed by atoms with van der Waals surface area (Å²) in [4.78, 5) is 0. The fourth-order valence-electron chi connectivity index (χ4n) is 3.57. The molecular formula is C19H12. The third-order valence-electron chi connectivity index (χ3n) is 4.38. The third kappa shape index (κ3) is 1.09. The quantitative estimate of drug-likeness (QED) is 0.373. The van der Waals surface area contributed by atoms with Gasteiger partial charge in [0.2, 0.25) is 0 Å². The SMILES string of the molecule is C1=Cc2cc3cccc4ccc5ccc(c2c5c43)C1. The van der Waals surface area contributed by atoms with Gasteiger partial charge in [-0.2, -0.15) is 0 Å². The molecular weight excluding hydrogens is 228 g/mol. The molecule has 1 aliphatic rings. The zero-order chi connectivity index (χ0) is 12.4. The highest BCUT2D eigenvalue weighted by atomic mass is 14.2. The maximum absolute atomic E-state index is 2.34. The van der Waals surface area contributed by atoms with Gasteiger partial charge in [0.15, 0.2) is 0 Å². The molecule has 0 atom stereocenters. The predicted octanol–water partition coefficient (Wildman–Crippen LogP) is 5.15. The van der Waals surface area contributed by atoms with Gasteiger partial charge in [-0.25, -0.2) is 0 Å². The summed E-state index contributed by atoms with van der Waals surface area (Å²) in [5.74, 6) is 0. The summed E-state index contributed by atoms with van der Waals surface area (Å²) in [6, 6.07) is 18.0. The number of rotatable bonds is 0. The minimum absolute atomic E-state index is 1.06. The maximum Gasteiger partial charge on any atom is -0.00179 e. The third-order valence-corrected chi connectivity index (χ3v) is 4.38. The molecule has 1 aliphatic carbocycles. The van der Waals surface area contributed by atoms with E-state index in [1.807, 2.05) is 0 Å². The summed E-state index contributed by atoms with van der Waals surface area (Å²) in [5, 5.41) is 8.41. The molecule has 0 fully saturated rings. The van der Waals surface area contributed by atoms with E-state index in [0.29, 0.717) is 0 Å². The largest absolute Gasteiger partial charge is 0.0795 e. The highest BCUT2D eigenvalue weighted by Crippen LogP contribution is 2.39. The van der Waals surface area contributed by atoms with Crippen molar-refractivity contribution >= 4 is 38.4 Å². The number of allylic oxidation sites excluding steroid dienone is 1. The van der Waals surface area contributed by atoms with Crippen LogP contribution in [0.4, 0.5) is 0 Å². The Hall–Kier alpha value is -2.34. The van der Waals surface area contributed by atoms with Crippen molar-refractivity contribution < 1.29 is 0 Å². The lowest BCUT2D eigenvalue weighted by Crippen LogP contribution is -1.95. The van der Waals surface area contributed by atoms with Crippen LogP contribution in [0.5, 0.6) is 0 Å². The molecule has 0 unspecified atom stereocenters. The molecule has 0 saturated heterocycles. The second kappa shape index (κ2) is 3.16. The molecule has 0 aromatic heterocycles. The molecule has 0 bridgehead atoms. The van der Waals surface area contributed by atoms with Crippen LogP contribution in [-0.2, 0) is 6.42 Å². The Kier molecular flexibility index (Phi) is 1.59. The fraction of sp³-hybridized carbons (Fsp3) is 0.0526. The van der Waals surface area contributed by atoms with Crippen LogP contribution in [0.15, 0.2) is 54.6 Å². The first-order valence-corrected chi connectivity index (χ1v) is 6.78. The van der Waals surface area contributed by atoms with Gasteiger partial charge in [0.05, 0.1) is 0 Å². The van der Waals surface area contributed by atoms with E-state index in [2.05, 4.69) is 60.7 Å². The molecule has 4 aromatic carbocycles. The Morgan fingerprint density at radius 3 is 2.42 bits per heavy atom. The molecule has 0 amide bonds. The van der Waals surface area contributed by atoms with Crippen LogP contribution in [-0.4, -0.2) is 0 Å². The molecule has 0 spiro atoms. The smallest absolute Gasteiger partial charge is 0.00179 e. The van der Waals surface area contributed by atoms with Gasteiger partial charge in [0, 0.05) is 0 Å². The van der Waals surface area contributed by atoms with Crippen LogP contribution in [0.2, 0.25) is 0 Å². The molecule has 0 N–H and O–H groups in total. The minimum Gasteiger partial charge on any atom is -0.0795 e. The lowest BCUT2D eigenvalue weighted by atomic mass is 9.86. The van der Waals surface area contributed by atoms with E-state index in [0.717, 1.165) is 6.42 Å². The Morgan fingerprint density at radius 1 is 0.684 bits per heavy atom. The molecule has 0 aliphatic heterocycles. The van der Waals surface area contributed by atoms with E-state index >= 15 is 0 Å². The normalized spacial score (nSPS) is 13.9. The van der Waals surface area contributed by atoms with Gasteiger partial charge in [-0.05, 0) is 55.9 Å². The first-order valence-electron chi connectivity index (χ1n) is 6.78. The number of benzene rings is 4. The molecule has 19 heavy (non-hydrogen) atoms. The van der Waals surface area contributed by atoms with Crippen LogP contribution in [0.1, 0.15) is 11.1 Å². The summed E-state index contributed by atoms with van der Waals surface area (Å²) in [6.07, 6.45) is 5.60. The predicted molar refractivity (Wildman–Crippen MR) is 82.9 cm³/mol. The van der Waals surface area contributed by atoms with Crippen molar-refractivity contribution in [3.05, 3.63) is 65.7 Å². The van der Waals surface area contributed by atoms with Crippen LogP contribution in [0, 0.1) is 0 Å². The standard InChI is InChI=1S/C19H12/c1-3-12-7-9-14-10-8-13-4-2-6-16-11-15(5-1)17(12)19(14)18(13)16/h1-3,5-11H,4H2. The summed E-state index contributed by atoms with van der Waals surface area (Å²) in [7, 11) is 0. The van der Waals surface area contributed by atoms with Crippen molar-refractivity contribution in [2.24, 2.45) is 0 Å². The van der Waals surface area contributed by atoms with Crippen molar-refractivity contribution in [1.82, 2.24) is 0 Å². The summed E-state index contributed by atoms with van der Waals surface area (Å²) < 4.78 is 0. The molecule has 88 valence electrons. The molecule has 0 heterocycles. The Morgan fingerprint density at radius 2 is 1.47 bits per heavy atom. The van der Waals surface area contributed by atoms with E-state index in [9.17, 15) is 0 Å². The van der Waals surface area contributed by atoms with Gasteiger partial charge in [-0.15, -0.1) is 0 Å². The van der Waals surface area contributed by atoms with E-state index in [1.165, 1.54) is 43.4 Å². The summed E-state index contributed by atoms with van der Waals surface area (Å²) >= 11 is 0. The molecule has 0 saturated carbocycles. The van der Waals surface area contributed by atoms with Gasteiger partial charge in [0.25, 0.3) is 0 Å². The molecule has 0 radical (unpaired) electrons.